The van der Waals surface area contributed by atoms with E-state index in [0.717, 1.165) is 5.56 Å². The Balaban J connectivity index is 2.92. The fraction of sp³-hybridized carbons (Fsp3) is 0.533. The zero-order chi connectivity index (χ0) is 14.4. The lowest BCUT2D eigenvalue weighted by molar-refractivity contribution is 0.0697. The van der Waals surface area contributed by atoms with E-state index in [1.54, 1.807) is 6.07 Å². The van der Waals surface area contributed by atoms with Gasteiger partial charge in [-0.05, 0) is 31.9 Å². The van der Waals surface area contributed by atoms with Crippen LogP contribution in [0.15, 0.2) is 18.2 Å². The summed E-state index contributed by atoms with van der Waals surface area (Å²) in [4.78, 5) is 11.3. The molecule has 0 radical (unpaired) electrons. The summed E-state index contributed by atoms with van der Waals surface area (Å²) in [6.45, 7) is 9.24. The van der Waals surface area contributed by atoms with Gasteiger partial charge in [0.2, 0.25) is 0 Å². The summed E-state index contributed by atoms with van der Waals surface area (Å²) in [5, 5.41) is 12.5. The van der Waals surface area contributed by atoms with E-state index < -0.39 is 5.97 Å². The van der Waals surface area contributed by atoms with Gasteiger partial charge in [0.05, 0.1) is 18.2 Å². The summed E-state index contributed by atoms with van der Waals surface area (Å²) in [6.07, 6.45) is 0. The van der Waals surface area contributed by atoms with E-state index in [-0.39, 0.29) is 6.04 Å². The van der Waals surface area contributed by atoms with E-state index in [9.17, 15) is 9.90 Å². The molecule has 0 fully saturated rings. The maximum Gasteiger partial charge on any atom is 0.337 e. The standard InChI is InChI=1S/C15H23NO3/c1-5-19-9-14(10(2)3)16-13-7-6-11(4)8-12(13)15(17)18/h6-8,10,14,16H,5,9H2,1-4H3,(H,17,18). The lowest BCUT2D eigenvalue weighted by atomic mass is 10.0. The lowest BCUT2D eigenvalue weighted by Crippen LogP contribution is -2.31. The third-order valence-corrected chi connectivity index (χ3v) is 3.05. The predicted octanol–water partition coefficient (Wildman–Crippen LogP) is 3.17. The Labute approximate surface area is 114 Å². The van der Waals surface area contributed by atoms with Crippen molar-refractivity contribution in [3.63, 3.8) is 0 Å². The van der Waals surface area contributed by atoms with Gasteiger partial charge in [0.15, 0.2) is 0 Å². The molecule has 0 amide bonds. The lowest BCUT2D eigenvalue weighted by Gasteiger charge is -2.24. The number of hydrogen-bond donors (Lipinski definition) is 2. The first-order valence-electron chi connectivity index (χ1n) is 6.64. The molecule has 1 unspecified atom stereocenters. The Morgan fingerprint density at radius 3 is 2.63 bits per heavy atom. The van der Waals surface area contributed by atoms with Crippen LogP contribution in [0.2, 0.25) is 0 Å². The van der Waals surface area contributed by atoms with Crippen molar-refractivity contribution < 1.29 is 14.6 Å². The van der Waals surface area contributed by atoms with Gasteiger partial charge in [-0.3, -0.25) is 0 Å². The quantitative estimate of drug-likeness (QED) is 0.795. The van der Waals surface area contributed by atoms with Crippen LogP contribution < -0.4 is 5.32 Å². The smallest absolute Gasteiger partial charge is 0.337 e. The molecule has 2 N–H and O–H groups in total. The average molecular weight is 265 g/mol. The van der Waals surface area contributed by atoms with Crippen molar-refractivity contribution in [1.29, 1.82) is 0 Å². The van der Waals surface area contributed by atoms with Crippen molar-refractivity contribution in [2.45, 2.75) is 33.7 Å². The molecular formula is C15H23NO3. The number of rotatable bonds is 7. The van der Waals surface area contributed by atoms with Gasteiger partial charge in [0.25, 0.3) is 0 Å². The number of aryl methyl sites for hydroxylation is 1. The molecule has 0 aliphatic heterocycles. The molecule has 4 heteroatoms. The molecule has 0 aliphatic rings. The van der Waals surface area contributed by atoms with Crippen LogP contribution in [0.5, 0.6) is 0 Å². The molecule has 1 atom stereocenters. The predicted molar refractivity (Wildman–Crippen MR) is 76.9 cm³/mol. The largest absolute Gasteiger partial charge is 0.478 e. The minimum atomic E-state index is -0.912. The van der Waals surface area contributed by atoms with E-state index in [1.807, 2.05) is 26.0 Å². The molecule has 1 aromatic carbocycles. The molecular weight excluding hydrogens is 242 g/mol. The van der Waals surface area contributed by atoms with E-state index in [2.05, 4.69) is 19.2 Å². The number of anilines is 1. The number of aromatic carboxylic acids is 1. The summed E-state index contributed by atoms with van der Waals surface area (Å²) < 4.78 is 5.44. The van der Waals surface area contributed by atoms with E-state index in [1.165, 1.54) is 0 Å². The molecule has 0 aliphatic carbocycles. The highest BCUT2D eigenvalue weighted by Gasteiger charge is 2.17. The molecule has 0 saturated heterocycles. The summed E-state index contributed by atoms with van der Waals surface area (Å²) in [5.74, 6) is -0.556. The van der Waals surface area contributed by atoms with Crippen molar-refractivity contribution in [2.75, 3.05) is 18.5 Å². The molecule has 19 heavy (non-hydrogen) atoms. The zero-order valence-corrected chi connectivity index (χ0v) is 12.1. The zero-order valence-electron chi connectivity index (χ0n) is 12.1. The normalized spacial score (nSPS) is 12.5. The Hall–Kier alpha value is -1.55. The van der Waals surface area contributed by atoms with Gasteiger partial charge in [-0.2, -0.15) is 0 Å². The first-order valence-corrected chi connectivity index (χ1v) is 6.64. The summed E-state index contributed by atoms with van der Waals surface area (Å²) in [7, 11) is 0. The third kappa shape index (κ3) is 4.56. The Bertz CT molecular complexity index is 429. The number of carboxylic acids is 1. The number of carbonyl (C=O) groups is 1. The molecule has 106 valence electrons. The fourth-order valence-electron chi connectivity index (χ4n) is 1.81. The van der Waals surface area contributed by atoms with Crippen LogP contribution in [0, 0.1) is 12.8 Å². The van der Waals surface area contributed by atoms with Gasteiger partial charge in [0.1, 0.15) is 0 Å². The van der Waals surface area contributed by atoms with Gasteiger partial charge in [-0.25, -0.2) is 4.79 Å². The summed E-state index contributed by atoms with van der Waals surface area (Å²) in [6, 6.07) is 5.51. The number of benzene rings is 1. The molecule has 0 heterocycles. The fourth-order valence-corrected chi connectivity index (χ4v) is 1.81. The van der Waals surface area contributed by atoms with Crippen LogP contribution in [0.1, 0.15) is 36.7 Å². The average Bonchev–Trinajstić information content (AvgIpc) is 2.35. The van der Waals surface area contributed by atoms with Crippen molar-refractivity contribution in [2.24, 2.45) is 5.92 Å². The van der Waals surface area contributed by atoms with E-state index >= 15 is 0 Å². The van der Waals surface area contributed by atoms with Crippen LogP contribution in [-0.4, -0.2) is 30.3 Å². The first kappa shape index (κ1) is 15.5. The monoisotopic (exact) mass is 265 g/mol. The summed E-state index contributed by atoms with van der Waals surface area (Å²) >= 11 is 0. The highest BCUT2D eigenvalue weighted by Crippen LogP contribution is 2.20. The van der Waals surface area contributed by atoms with Gasteiger partial charge in [0, 0.05) is 12.3 Å². The van der Waals surface area contributed by atoms with Crippen LogP contribution in [-0.2, 0) is 4.74 Å². The second kappa shape index (κ2) is 7.14. The maximum atomic E-state index is 11.3. The Morgan fingerprint density at radius 1 is 1.42 bits per heavy atom. The molecule has 0 saturated carbocycles. The Kier molecular flexibility index (Phi) is 5.83. The second-order valence-corrected chi connectivity index (χ2v) is 5.01. The highest BCUT2D eigenvalue weighted by molar-refractivity contribution is 5.94. The van der Waals surface area contributed by atoms with Gasteiger partial charge in [-0.15, -0.1) is 0 Å². The van der Waals surface area contributed by atoms with Gasteiger partial charge < -0.3 is 15.2 Å². The van der Waals surface area contributed by atoms with Crippen molar-refractivity contribution >= 4 is 11.7 Å². The maximum absolute atomic E-state index is 11.3. The molecule has 4 nitrogen and oxygen atoms in total. The SMILES string of the molecule is CCOCC(Nc1ccc(C)cc1C(=O)O)C(C)C. The van der Waals surface area contributed by atoms with Gasteiger partial charge >= 0.3 is 5.97 Å². The van der Waals surface area contributed by atoms with Gasteiger partial charge in [-0.1, -0.05) is 25.5 Å². The highest BCUT2D eigenvalue weighted by atomic mass is 16.5. The molecule has 1 rings (SSSR count). The molecule has 1 aromatic rings. The first-order chi connectivity index (χ1) is 8.95. The topological polar surface area (TPSA) is 58.6 Å². The minimum absolute atomic E-state index is 0.0979. The van der Waals surface area contributed by atoms with Crippen molar-refractivity contribution in [3.8, 4) is 0 Å². The molecule has 0 aromatic heterocycles. The molecule has 0 bridgehead atoms. The van der Waals surface area contributed by atoms with Crippen LogP contribution in [0.4, 0.5) is 5.69 Å². The van der Waals surface area contributed by atoms with Crippen molar-refractivity contribution in [3.05, 3.63) is 29.3 Å². The Morgan fingerprint density at radius 2 is 2.11 bits per heavy atom. The molecule has 0 spiro atoms. The van der Waals surface area contributed by atoms with Crippen LogP contribution >= 0.6 is 0 Å². The number of nitrogens with one attached hydrogen (secondary N) is 1. The van der Waals surface area contributed by atoms with E-state index in [0.29, 0.717) is 30.4 Å². The van der Waals surface area contributed by atoms with Crippen LogP contribution in [0.25, 0.3) is 0 Å². The third-order valence-electron chi connectivity index (χ3n) is 3.05. The van der Waals surface area contributed by atoms with Crippen LogP contribution in [0.3, 0.4) is 0 Å². The second-order valence-electron chi connectivity index (χ2n) is 5.01. The number of ether oxygens (including phenoxy) is 1. The van der Waals surface area contributed by atoms with Crippen molar-refractivity contribution in [1.82, 2.24) is 0 Å². The minimum Gasteiger partial charge on any atom is -0.478 e. The number of carboxylic acid groups (broad SMARTS) is 1. The summed E-state index contributed by atoms with van der Waals surface area (Å²) in [5.41, 5.74) is 1.90. The van der Waals surface area contributed by atoms with E-state index in [4.69, 9.17) is 4.74 Å². The number of hydrogen-bond acceptors (Lipinski definition) is 3.